The van der Waals surface area contributed by atoms with E-state index in [1.165, 1.54) is 0 Å². The first kappa shape index (κ1) is 20.6. The van der Waals surface area contributed by atoms with E-state index >= 15 is 0 Å². The van der Waals surface area contributed by atoms with Crippen LogP contribution in [0, 0.1) is 6.92 Å². The SMILES string of the molecule is CCc1cc(NC(=O)N2CCN(c3ccc(Cl)cc3Cl)CC2)c(OC)nc1C. The highest BCUT2D eigenvalue weighted by Gasteiger charge is 2.23. The van der Waals surface area contributed by atoms with Gasteiger partial charge in [0.25, 0.3) is 0 Å². The number of ether oxygens (including phenoxy) is 1. The molecule has 28 heavy (non-hydrogen) atoms. The van der Waals surface area contributed by atoms with Crippen LogP contribution >= 0.6 is 23.2 Å². The van der Waals surface area contributed by atoms with Gasteiger partial charge in [-0.2, -0.15) is 0 Å². The summed E-state index contributed by atoms with van der Waals surface area (Å²) in [6.45, 7) is 6.56. The number of piperazine rings is 1. The van der Waals surface area contributed by atoms with Crippen molar-refractivity contribution in [3.63, 3.8) is 0 Å². The largest absolute Gasteiger partial charge is 0.480 e. The summed E-state index contributed by atoms with van der Waals surface area (Å²) in [6.07, 6.45) is 0.840. The Labute approximate surface area is 175 Å². The quantitative estimate of drug-likeness (QED) is 0.780. The van der Waals surface area contributed by atoms with Gasteiger partial charge in [0.15, 0.2) is 0 Å². The minimum atomic E-state index is -0.159. The average molecular weight is 423 g/mol. The fourth-order valence-electron chi connectivity index (χ4n) is 3.31. The Balaban J connectivity index is 1.66. The van der Waals surface area contributed by atoms with Crippen LogP contribution in [0.15, 0.2) is 24.3 Å². The first-order valence-corrected chi connectivity index (χ1v) is 9.99. The number of hydrogen-bond donors (Lipinski definition) is 1. The van der Waals surface area contributed by atoms with Crippen LogP contribution in [0.4, 0.5) is 16.2 Å². The van der Waals surface area contributed by atoms with E-state index < -0.39 is 0 Å². The molecule has 1 aliphatic rings. The molecule has 0 atom stereocenters. The summed E-state index contributed by atoms with van der Waals surface area (Å²) in [6, 6.07) is 7.25. The second-order valence-electron chi connectivity index (χ2n) is 6.64. The molecular weight excluding hydrogens is 399 g/mol. The standard InChI is InChI=1S/C20H24Cl2N4O2/c1-4-14-11-17(19(28-3)23-13(14)2)24-20(27)26-9-7-25(8-10-26)18-6-5-15(21)12-16(18)22/h5-6,11-12H,4,7-10H2,1-3H3,(H,24,27). The molecule has 1 aliphatic heterocycles. The Morgan fingerprint density at radius 1 is 1.21 bits per heavy atom. The number of pyridine rings is 1. The van der Waals surface area contributed by atoms with Crippen molar-refractivity contribution in [1.29, 1.82) is 0 Å². The molecule has 0 spiro atoms. The van der Waals surface area contributed by atoms with Crippen molar-refractivity contribution in [2.75, 3.05) is 43.5 Å². The number of carbonyl (C=O) groups is 1. The molecule has 0 unspecified atom stereocenters. The number of nitrogens with zero attached hydrogens (tertiary/aromatic N) is 3. The number of hydrogen-bond acceptors (Lipinski definition) is 4. The predicted molar refractivity (Wildman–Crippen MR) is 114 cm³/mol. The molecule has 1 aromatic carbocycles. The van der Waals surface area contributed by atoms with Crippen LogP contribution in [0.5, 0.6) is 5.88 Å². The van der Waals surface area contributed by atoms with Gasteiger partial charge in [-0.25, -0.2) is 9.78 Å². The van der Waals surface area contributed by atoms with Gasteiger partial charge in [0.05, 0.1) is 17.8 Å². The van der Waals surface area contributed by atoms with E-state index in [0.29, 0.717) is 47.8 Å². The van der Waals surface area contributed by atoms with Crippen LogP contribution in [0.1, 0.15) is 18.2 Å². The van der Waals surface area contributed by atoms with Gasteiger partial charge in [-0.05, 0) is 43.2 Å². The maximum Gasteiger partial charge on any atom is 0.322 e. The molecule has 6 nitrogen and oxygen atoms in total. The van der Waals surface area contributed by atoms with Gasteiger partial charge in [-0.3, -0.25) is 0 Å². The third kappa shape index (κ3) is 4.45. The number of nitrogens with one attached hydrogen (secondary N) is 1. The molecule has 8 heteroatoms. The number of aryl methyl sites for hydroxylation is 2. The van der Waals surface area contributed by atoms with Crippen LogP contribution in [-0.2, 0) is 6.42 Å². The van der Waals surface area contributed by atoms with E-state index in [4.69, 9.17) is 27.9 Å². The van der Waals surface area contributed by atoms with E-state index in [1.54, 1.807) is 18.1 Å². The zero-order chi connectivity index (χ0) is 20.3. The van der Waals surface area contributed by atoms with Gasteiger partial charge in [-0.1, -0.05) is 30.1 Å². The van der Waals surface area contributed by atoms with E-state index in [0.717, 1.165) is 23.4 Å². The molecule has 1 fully saturated rings. The highest BCUT2D eigenvalue weighted by molar-refractivity contribution is 6.36. The second kappa shape index (κ2) is 8.88. The molecule has 0 radical (unpaired) electrons. The van der Waals surface area contributed by atoms with Gasteiger partial charge in [0.1, 0.15) is 5.69 Å². The van der Waals surface area contributed by atoms with Crippen molar-refractivity contribution in [3.8, 4) is 5.88 Å². The maximum atomic E-state index is 12.7. The molecule has 1 aromatic heterocycles. The van der Waals surface area contributed by atoms with Crippen molar-refractivity contribution < 1.29 is 9.53 Å². The van der Waals surface area contributed by atoms with Gasteiger partial charge in [0, 0.05) is 36.9 Å². The normalized spacial score (nSPS) is 14.2. The smallest absolute Gasteiger partial charge is 0.322 e. The summed E-state index contributed by atoms with van der Waals surface area (Å²) in [7, 11) is 1.55. The second-order valence-corrected chi connectivity index (χ2v) is 7.49. The fraction of sp³-hybridized carbons (Fsp3) is 0.400. The van der Waals surface area contributed by atoms with Crippen molar-refractivity contribution in [3.05, 3.63) is 45.6 Å². The Hall–Kier alpha value is -2.18. The molecule has 2 aromatic rings. The monoisotopic (exact) mass is 422 g/mol. The fourth-order valence-corrected chi connectivity index (χ4v) is 3.84. The number of anilines is 2. The van der Waals surface area contributed by atoms with Gasteiger partial charge in [0.2, 0.25) is 5.88 Å². The average Bonchev–Trinajstić information content (AvgIpc) is 2.69. The number of aromatic nitrogens is 1. The summed E-state index contributed by atoms with van der Waals surface area (Å²) in [5, 5.41) is 4.17. The van der Waals surface area contributed by atoms with Gasteiger partial charge < -0.3 is 19.9 Å². The number of rotatable bonds is 4. The van der Waals surface area contributed by atoms with Crippen LogP contribution < -0.4 is 15.0 Å². The number of amides is 2. The Bertz CT molecular complexity index is 868. The van der Waals surface area contributed by atoms with Crippen molar-refractivity contribution in [1.82, 2.24) is 9.88 Å². The minimum absolute atomic E-state index is 0.159. The first-order valence-electron chi connectivity index (χ1n) is 9.23. The molecule has 3 rings (SSSR count). The number of methoxy groups -OCH3 is 1. The number of halogens is 2. The summed E-state index contributed by atoms with van der Waals surface area (Å²) in [5.74, 6) is 0.426. The summed E-state index contributed by atoms with van der Waals surface area (Å²) in [5.41, 5.74) is 3.52. The highest BCUT2D eigenvalue weighted by atomic mass is 35.5. The van der Waals surface area contributed by atoms with E-state index in [-0.39, 0.29) is 6.03 Å². The summed E-state index contributed by atoms with van der Waals surface area (Å²) in [4.78, 5) is 21.1. The number of urea groups is 1. The van der Waals surface area contributed by atoms with Crippen molar-refractivity contribution in [2.24, 2.45) is 0 Å². The van der Waals surface area contributed by atoms with Crippen LogP contribution in [0.3, 0.4) is 0 Å². The third-order valence-electron chi connectivity index (χ3n) is 4.92. The zero-order valence-electron chi connectivity index (χ0n) is 16.3. The molecular formula is C20H24Cl2N4O2. The Morgan fingerprint density at radius 3 is 2.54 bits per heavy atom. The Morgan fingerprint density at radius 2 is 1.93 bits per heavy atom. The summed E-state index contributed by atoms with van der Waals surface area (Å²) < 4.78 is 5.33. The summed E-state index contributed by atoms with van der Waals surface area (Å²) >= 11 is 12.3. The van der Waals surface area contributed by atoms with Gasteiger partial charge in [-0.15, -0.1) is 0 Å². The van der Waals surface area contributed by atoms with E-state index in [9.17, 15) is 4.79 Å². The van der Waals surface area contributed by atoms with E-state index in [2.05, 4.69) is 22.1 Å². The molecule has 0 saturated carbocycles. The number of carbonyl (C=O) groups excluding carboxylic acids is 1. The van der Waals surface area contributed by atoms with Gasteiger partial charge >= 0.3 is 6.03 Å². The van der Waals surface area contributed by atoms with E-state index in [1.807, 2.05) is 25.1 Å². The van der Waals surface area contributed by atoms with Crippen LogP contribution in [-0.4, -0.2) is 49.2 Å². The van der Waals surface area contributed by atoms with Crippen LogP contribution in [0.2, 0.25) is 10.0 Å². The lowest BCUT2D eigenvalue weighted by molar-refractivity contribution is 0.208. The molecule has 0 bridgehead atoms. The minimum Gasteiger partial charge on any atom is -0.480 e. The molecule has 0 aliphatic carbocycles. The third-order valence-corrected chi connectivity index (χ3v) is 5.45. The molecule has 2 amide bonds. The Kier molecular flexibility index (Phi) is 6.52. The van der Waals surface area contributed by atoms with Crippen LogP contribution in [0.25, 0.3) is 0 Å². The van der Waals surface area contributed by atoms with Crippen molar-refractivity contribution >= 4 is 40.6 Å². The number of benzene rings is 1. The lowest BCUT2D eigenvalue weighted by Gasteiger charge is -2.36. The molecule has 150 valence electrons. The maximum absolute atomic E-state index is 12.7. The lowest BCUT2D eigenvalue weighted by Crippen LogP contribution is -2.50. The first-order chi connectivity index (χ1) is 13.4. The topological polar surface area (TPSA) is 57.7 Å². The predicted octanol–water partition coefficient (Wildman–Crippen LogP) is 4.62. The zero-order valence-corrected chi connectivity index (χ0v) is 17.8. The molecule has 1 saturated heterocycles. The molecule has 2 heterocycles. The molecule has 1 N–H and O–H groups in total. The highest BCUT2D eigenvalue weighted by Crippen LogP contribution is 2.30. The van der Waals surface area contributed by atoms with Crippen molar-refractivity contribution in [2.45, 2.75) is 20.3 Å². The lowest BCUT2D eigenvalue weighted by atomic mass is 10.1.